The summed E-state index contributed by atoms with van der Waals surface area (Å²) in [5.41, 5.74) is 0.0617. The predicted molar refractivity (Wildman–Crippen MR) is 132 cm³/mol. The van der Waals surface area contributed by atoms with Crippen LogP contribution in [-0.2, 0) is 26.2 Å². The first kappa shape index (κ1) is 29.1. The van der Waals surface area contributed by atoms with E-state index in [-0.39, 0.29) is 53.8 Å². The minimum absolute atomic E-state index is 0. The Labute approximate surface area is 201 Å². The van der Waals surface area contributed by atoms with Crippen LogP contribution in [0.2, 0.25) is 0 Å². The van der Waals surface area contributed by atoms with Crippen molar-refractivity contribution >= 4 is 51.8 Å². The SMILES string of the molecule is CCNC(=O)C(C)(C)CNC(=NCc1ccc(S(N)(=O)=O)cc1)NCC(=O)N(C)C.I. The molecule has 0 radical (unpaired) electrons. The van der Waals surface area contributed by atoms with Crippen molar-refractivity contribution in [1.29, 1.82) is 0 Å². The molecule has 0 spiro atoms. The number of rotatable bonds is 9. The van der Waals surface area contributed by atoms with Crippen LogP contribution in [0.3, 0.4) is 0 Å². The van der Waals surface area contributed by atoms with E-state index in [0.29, 0.717) is 19.0 Å². The maximum absolute atomic E-state index is 12.2. The van der Waals surface area contributed by atoms with Crippen LogP contribution in [0.25, 0.3) is 0 Å². The van der Waals surface area contributed by atoms with E-state index in [0.717, 1.165) is 5.56 Å². The third kappa shape index (κ3) is 10.3. The summed E-state index contributed by atoms with van der Waals surface area (Å²) in [6.45, 7) is 6.56. The molecule has 176 valence electrons. The topological polar surface area (TPSA) is 146 Å². The van der Waals surface area contributed by atoms with Crippen molar-refractivity contribution in [2.24, 2.45) is 15.5 Å². The largest absolute Gasteiger partial charge is 0.356 e. The number of nitrogens with zero attached hydrogens (tertiary/aromatic N) is 2. The molecular formula is C19H33IN6O4S. The third-order valence-corrected chi connectivity index (χ3v) is 5.16. The molecule has 1 aromatic carbocycles. The Morgan fingerprint density at radius 2 is 1.68 bits per heavy atom. The zero-order valence-electron chi connectivity index (χ0n) is 18.6. The number of nitrogens with one attached hydrogen (secondary N) is 3. The average Bonchev–Trinajstić information content (AvgIpc) is 2.66. The zero-order chi connectivity index (χ0) is 22.9. The van der Waals surface area contributed by atoms with E-state index < -0.39 is 15.4 Å². The Bertz CT molecular complexity index is 870. The molecule has 12 heteroatoms. The highest BCUT2D eigenvalue weighted by atomic mass is 127. The number of carbonyl (C=O) groups is 2. The fourth-order valence-electron chi connectivity index (χ4n) is 2.23. The number of guanidine groups is 1. The fourth-order valence-corrected chi connectivity index (χ4v) is 2.75. The van der Waals surface area contributed by atoms with Crippen LogP contribution in [0.1, 0.15) is 26.3 Å². The Kier molecular flexibility index (Phi) is 12.0. The molecule has 10 nitrogen and oxygen atoms in total. The van der Waals surface area contributed by atoms with Crippen LogP contribution in [0.5, 0.6) is 0 Å². The van der Waals surface area contributed by atoms with Gasteiger partial charge in [-0.3, -0.25) is 9.59 Å². The minimum atomic E-state index is -3.76. The van der Waals surface area contributed by atoms with Gasteiger partial charge in [0, 0.05) is 27.2 Å². The highest BCUT2D eigenvalue weighted by Crippen LogP contribution is 2.13. The Hall–Kier alpha value is -1.93. The molecule has 0 atom stereocenters. The van der Waals surface area contributed by atoms with Crippen LogP contribution in [0, 0.1) is 5.41 Å². The van der Waals surface area contributed by atoms with Gasteiger partial charge in [0.1, 0.15) is 0 Å². The second kappa shape index (κ2) is 12.8. The number of likely N-dealkylation sites (N-methyl/N-ethyl adjacent to an activating group) is 1. The monoisotopic (exact) mass is 568 g/mol. The van der Waals surface area contributed by atoms with Crippen molar-refractivity contribution in [2.45, 2.75) is 32.2 Å². The number of benzene rings is 1. The zero-order valence-corrected chi connectivity index (χ0v) is 21.7. The summed E-state index contributed by atoms with van der Waals surface area (Å²) in [5, 5.41) is 13.9. The quantitative estimate of drug-likeness (QED) is 0.191. The Balaban J connectivity index is 0.00000900. The first-order valence-electron chi connectivity index (χ1n) is 9.49. The van der Waals surface area contributed by atoms with E-state index in [9.17, 15) is 18.0 Å². The number of hydrogen-bond donors (Lipinski definition) is 4. The van der Waals surface area contributed by atoms with Gasteiger partial charge in [0.2, 0.25) is 21.8 Å². The van der Waals surface area contributed by atoms with Crippen LogP contribution >= 0.6 is 24.0 Å². The normalized spacial score (nSPS) is 11.9. The van der Waals surface area contributed by atoms with Gasteiger partial charge in [-0.15, -0.1) is 24.0 Å². The lowest BCUT2D eigenvalue weighted by atomic mass is 9.92. The molecule has 0 unspecified atom stereocenters. The highest BCUT2D eigenvalue weighted by molar-refractivity contribution is 14.0. The summed E-state index contributed by atoms with van der Waals surface area (Å²) in [5.74, 6) is 0.128. The fraction of sp³-hybridized carbons (Fsp3) is 0.526. The molecule has 1 aromatic rings. The van der Waals surface area contributed by atoms with Crippen molar-refractivity contribution in [3.05, 3.63) is 29.8 Å². The van der Waals surface area contributed by atoms with Crippen LogP contribution < -0.4 is 21.1 Å². The van der Waals surface area contributed by atoms with Crippen molar-refractivity contribution in [3.63, 3.8) is 0 Å². The number of sulfonamides is 1. The van der Waals surface area contributed by atoms with Crippen LogP contribution in [0.4, 0.5) is 0 Å². The third-order valence-electron chi connectivity index (χ3n) is 4.23. The number of primary sulfonamides is 1. The van der Waals surface area contributed by atoms with Gasteiger partial charge >= 0.3 is 0 Å². The molecule has 5 N–H and O–H groups in total. The number of halogens is 1. The van der Waals surface area contributed by atoms with Gasteiger partial charge in [0.15, 0.2) is 5.96 Å². The van der Waals surface area contributed by atoms with Gasteiger partial charge in [0.25, 0.3) is 0 Å². The molecule has 0 saturated heterocycles. The lowest BCUT2D eigenvalue weighted by Crippen LogP contribution is -2.49. The molecule has 1 rings (SSSR count). The van der Waals surface area contributed by atoms with Gasteiger partial charge in [0.05, 0.1) is 23.4 Å². The molecule has 0 aliphatic rings. The standard InChI is InChI=1S/C19H32N6O4S.HI/c1-6-21-17(27)19(2,3)13-24-18(23-12-16(26)25(4)5)22-11-14-7-9-15(10-8-14)30(20,28)29;/h7-10H,6,11-13H2,1-5H3,(H,21,27)(H2,20,28,29)(H2,22,23,24);1H. The van der Waals surface area contributed by atoms with E-state index >= 15 is 0 Å². The molecule has 0 fully saturated rings. The van der Waals surface area contributed by atoms with Crippen molar-refractivity contribution in [1.82, 2.24) is 20.9 Å². The van der Waals surface area contributed by atoms with E-state index in [1.807, 2.05) is 6.92 Å². The lowest BCUT2D eigenvalue weighted by Gasteiger charge is -2.25. The summed E-state index contributed by atoms with van der Waals surface area (Å²) in [6, 6.07) is 6.05. The summed E-state index contributed by atoms with van der Waals surface area (Å²) in [4.78, 5) is 30.0. The molecule has 31 heavy (non-hydrogen) atoms. The smallest absolute Gasteiger partial charge is 0.241 e. The minimum Gasteiger partial charge on any atom is -0.356 e. The van der Waals surface area contributed by atoms with Crippen molar-refractivity contribution in [3.8, 4) is 0 Å². The van der Waals surface area contributed by atoms with Crippen molar-refractivity contribution in [2.75, 3.05) is 33.7 Å². The maximum atomic E-state index is 12.2. The van der Waals surface area contributed by atoms with Gasteiger partial charge in [-0.1, -0.05) is 12.1 Å². The summed E-state index contributed by atoms with van der Waals surface area (Å²) >= 11 is 0. The van der Waals surface area contributed by atoms with E-state index in [1.165, 1.54) is 17.0 Å². The number of aliphatic imine (C=N–C) groups is 1. The second-order valence-electron chi connectivity index (χ2n) is 7.59. The lowest BCUT2D eigenvalue weighted by molar-refractivity contribution is -0.129. The van der Waals surface area contributed by atoms with Crippen LogP contribution in [-0.4, -0.2) is 64.8 Å². The molecule has 0 bridgehead atoms. The first-order chi connectivity index (χ1) is 13.9. The van der Waals surface area contributed by atoms with Gasteiger partial charge in [-0.2, -0.15) is 0 Å². The van der Waals surface area contributed by atoms with Crippen LogP contribution in [0.15, 0.2) is 34.2 Å². The summed E-state index contributed by atoms with van der Waals surface area (Å²) in [6.07, 6.45) is 0. The van der Waals surface area contributed by atoms with Gasteiger partial charge in [-0.25, -0.2) is 18.5 Å². The number of hydrogen-bond acceptors (Lipinski definition) is 5. The van der Waals surface area contributed by atoms with Gasteiger partial charge < -0.3 is 20.9 Å². The summed E-state index contributed by atoms with van der Waals surface area (Å²) in [7, 11) is -0.451. The molecule has 0 aromatic heterocycles. The molecule has 0 aliphatic heterocycles. The molecular weight excluding hydrogens is 535 g/mol. The van der Waals surface area contributed by atoms with Crippen molar-refractivity contribution < 1.29 is 18.0 Å². The average molecular weight is 568 g/mol. The number of carbonyl (C=O) groups excluding carboxylic acids is 2. The van der Waals surface area contributed by atoms with E-state index in [4.69, 9.17) is 5.14 Å². The highest BCUT2D eigenvalue weighted by Gasteiger charge is 2.27. The molecule has 0 aliphatic carbocycles. The molecule has 0 heterocycles. The predicted octanol–water partition coefficient (Wildman–Crippen LogP) is 0.238. The maximum Gasteiger partial charge on any atom is 0.241 e. The van der Waals surface area contributed by atoms with E-state index in [1.54, 1.807) is 40.1 Å². The van der Waals surface area contributed by atoms with E-state index in [2.05, 4.69) is 20.9 Å². The second-order valence-corrected chi connectivity index (χ2v) is 9.15. The Morgan fingerprint density at radius 1 is 1.10 bits per heavy atom. The summed E-state index contributed by atoms with van der Waals surface area (Å²) < 4.78 is 22.7. The Morgan fingerprint density at radius 3 is 2.16 bits per heavy atom. The number of nitrogens with two attached hydrogens (primary N) is 1. The van der Waals surface area contributed by atoms with Gasteiger partial charge in [-0.05, 0) is 38.5 Å². The molecule has 2 amide bonds. The molecule has 0 saturated carbocycles. The number of amides is 2. The first-order valence-corrected chi connectivity index (χ1v) is 11.0.